The molecule has 0 unspecified atom stereocenters. The largest absolute Gasteiger partial charge is 0.496 e. The number of carbonyl (C=O) groups is 1. The molecule has 1 rings (SSSR count). The van der Waals surface area contributed by atoms with Crippen LogP contribution in [0.2, 0.25) is 5.02 Å². The summed E-state index contributed by atoms with van der Waals surface area (Å²) in [5, 5.41) is 4.48. The van der Waals surface area contributed by atoms with Crippen molar-refractivity contribution in [3.8, 4) is 5.75 Å². The maximum Gasteiger partial charge on any atom is 0.295 e. The molecule has 114 valence electrons. The van der Waals surface area contributed by atoms with E-state index in [1.54, 1.807) is 37.5 Å². The van der Waals surface area contributed by atoms with E-state index in [-0.39, 0.29) is 5.91 Å². The molecule has 1 N–H and O–H groups in total. The minimum atomic E-state index is -0.132. The lowest BCUT2D eigenvalue weighted by molar-refractivity contribution is -0.862. The highest BCUT2D eigenvalue weighted by molar-refractivity contribution is 6.30. The first kappa shape index (κ1) is 17.2. The van der Waals surface area contributed by atoms with Crippen molar-refractivity contribution < 1.29 is 14.0 Å². The number of nitrogens with one attached hydrogen (secondary N) is 1. The van der Waals surface area contributed by atoms with Gasteiger partial charge in [-0.3, -0.25) is 4.79 Å². The smallest absolute Gasteiger partial charge is 0.295 e. The number of amides is 1. The Morgan fingerprint density at radius 3 is 2.76 bits per heavy atom. The predicted octanol–water partition coefficient (Wildman–Crippen LogP) is 2.17. The molecule has 1 aromatic rings. The van der Waals surface area contributed by atoms with Crippen LogP contribution in [0.3, 0.4) is 0 Å². The second-order valence-electron chi connectivity index (χ2n) is 5.51. The fourth-order valence-corrected chi connectivity index (χ4v) is 1.78. The van der Waals surface area contributed by atoms with Gasteiger partial charge in [0.25, 0.3) is 5.91 Å². The molecule has 0 radical (unpaired) electrons. The average molecular weight is 311 g/mol. The van der Waals surface area contributed by atoms with E-state index >= 15 is 0 Å². The summed E-state index contributed by atoms with van der Waals surface area (Å²) < 4.78 is 5.78. The molecule has 5 nitrogen and oxygen atoms in total. The Morgan fingerprint density at radius 2 is 2.14 bits per heavy atom. The highest BCUT2D eigenvalue weighted by Gasteiger charge is 2.12. The molecule has 0 saturated heterocycles. The monoisotopic (exact) mass is 310 g/mol. The highest BCUT2D eigenvalue weighted by atomic mass is 35.5. The normalized spacial score (nSPS) is 12.0. The third-order valence-corrected chi connectivity index (χ3v) is 2.67. The molecule has 0 fully saturated rings. The lowest BCUT2D eigenvalue weighted by atomic mass is 10.2. The number of carbonyl (C=O) groups excluding carboxylic acids is 1. The molecular weight excluding hydrogens is 290 g/mol. The van der Waals surface area contributed by atoms with Crippen molar-refractivity contribution in [1.29, 1.82) is 0 Å². The van der Waals surface area contributed by atoms with Gasteiger partial charge >= 0.3 is 0 Å². The summed E-state index contributed by atoms with van der Waals surface area (Å²) in [5.74, 6) is 0.589. The number of allylic oxidation sites excluding steroid dienone is 1. The van der Waals surface area contributed by atoms with Crippen LogP contribution in [0.1, 0.15) is 5.56 Å². The zero-order chi connectivity index (χ0) is 15.9. The van der Waals surface area contributed by atoms with Gasteiger partial charge in [0, 0.05) is 16.8 Å². The van der Waals surface area contributed by atoms with Gasteiger partial charge in [-0.25, -0.2) is 5.43 Å². The minimum absolute atomic E-state index is 0.132. The number of hydrogen-bond donors (Lipinski definition) is 1. The first-order valence-corrected chi connectivity index (χ1v) is 6.82. The first-order chi connectivity index (χ1) is 9.81. The van der Waals surface area contributed by atoms with Crippen LogP contribution in [0.15, 0.2) is 29.4 Å². The van der Waals surface area contributed by atoms with E-state index in [1.165, 1.54) is 6.21 Å². The Hall–Kier alpha value is -1.85. The van der Waals surface area contributed by atoms with Gasteiger partial charge in [0.15, 0.2) is 6.54 Å². The molecule has 1 amide bonds. The number of benzene rings is 1. The summed E-state index contributed by atoms with van der Waals surface area (Å²) in [7, 11) is 7.41. The number of hydrogen-bond acceptors (Lipinski definition) is 3. The predicted molar refractivity (Wildman–Crippen MR) is 86.6 cm³/mol. The van der Waals surface area contributed by atoms with Crippen LogP contribution in [0, 0.1) is 0 Å². The topological polar surface area (TPSA) is 50.7 Å². The number of hydrazone groups is 1. The van der Waals surface area contributed by atoms with Crippen LogP contribution in [-0.4, -0.2) is 51.4 Å². The van der Waals surface area contributed by atoms with E-state index in [1.807, 2.05) is 21.1 Å². The average Bonchev–Trinajstić information content (AvgIpc) is 2.36. The Labute approximate surface area is 130 Å². The van der Waals surface area contributed by atoms with Crippen LogP contribution < -0.4 is 10.2 Å². The fourth-order valence-electron chi connectivity index (χ4n) is 1.60. The third-order valence-electron chi connectivity index (χ3n) is 2.44. The van der Waals surface area contributed by atoms with Crippen molar-refractivity contribution in [1.82, 2.24) is 5.43 Å². The summed E-state index contributed by atoms with van der Waals surface area (Å²) in [6.07, 6.45) is 5.02. The second kappa shape index (κ2) is 7.81. The van der Waals surface area contributed by atoms with Crippen molar-refractivity contribution in [2.45, 2.75) is 0 Å². The lowest BCUT2D eigenvalue weighted by Crippen LogP contribution is -2.43. The van der Waals surface area contributed by atoms with Gasteiger partial charge in [-0.2, -0.15) is 5.10 Å². The molecule has 0 aliphatic carbocycles. The molecule has 0 bridgehead atoms. The summed E-state index contributed by atoms with van der Waals surface area (Å²) in [6.45, 7) is 0.364. The first-order valence-electron chi connectivity index (χ1n) is 6.44. The number of quaternary nitrogens is 1. The number of ether oxygens (including phenoxy) is 1. The molecule has 6 heteroatoms. The molecular formula is C15H21ClN3O2+. The van der Waals surface area contributed by atoms with Crippen molar-refractivity contribution in [3.63, 3.8) is 0 Å². The number of nitrogens with zero attached hydrogens (tertiary/aromatic N) is 2. The highest BCUT2D eigenvalue weighted by Crippen LogP contribution is 2.23. The Kier molecular flexibility index (Phi) is 6.39. The molecule has 1 aromatic carbocycles. The number of methoxy groups -OCH3 is 1. The molecule has 0 aliphatic rings. The molecule has 0 spiro atoms. The van der Waals surface area contributed by atoms with Gasteiger partial charge in [0.1, 0.15) is 5.75 Å². The van der Waals surface area contributed by atoms with Crippen LogP contribution in [-0.2, 0) is 4.79 Å². The zero-order valence-corrected chi connectivity index (χ0v) is 13.5. The molecule has 21 heavy (non-hydrogen) atoms. The molecule has 0 saturated carbocycles. The molecule has 0 aliphatic heterocycles. The quantitative estimate of drug-likeness (QED) is 0.497. The Balaban J connectivity index is 2.57. The van der Waals surface area contributed by atoms with Crippen LogP contribution in [0.4, 0.5) is 0 Å². The van der Waals surface area contributed by atoms with E-state index < -0.39 is 0 Å². The summed E-state index contributed by atoms with van der Waals surface area (Å²) in [6, 6.07) is 5.35. The summed E-state index contributed by atoms with van der Waals surface area (Å²) >= 11 is 5.94. The van der Waals surface area contributed by atoms with E-state index in [2.05, 4.69) is 10.5 Å². The number of halogens is 1. The van der Waals surface area contributed by atoms with Crippen LogP contribution in [0.5, 0.6) is 5.75 Å². The number of rotatable bonds is 6. The van der Waals surface area contributed by atoms with Crippen molar-refractivity contribution >= 4 is 29.8 Å². The van der Waals surface area contributed by atoms with Gasteiger partial charge in [0.05, 0.1) is 28.3 Å². The van der Waals surface area contributed by atoms with Crippen LogP contribution in [0.25, 0.3) is 6.08 Å². The van der Waals surface area contributed by atoms with Crippen molar-refractivity contribution in [2.75, 3.05) is 34.8 Å². The van der Waals surface area contributed by atoms with Crippen molar-refractivity contribution in [2.24, 2.45) is 5.10 Å². The maximum absolute atomic E-state index is 11.5. The van der Waals surface area contributed by atoms with Gasteiger partial charge in [-0.05, 0) is 30.4 Å². The van der Waals surface area contributed by atoms with Crippen molar-refractivity contribution in [3.05, 3.63) is 34.9 Å². The number of likely N-dealkylation sites (N-methyl/N-ethyl adjacent to an activating group) is 1. The summed E-state index contributed by atoms with van der Waals surface area (Å²) in [5.41, 5.74) is 3.31. The Morgan fingerprint density at radius 1 is 1.43 bits per heavy atom. The molecule has 0 heterocycles. The Bertz CT molecular complexity index is 548. The van der Waals surface area contributed by atoms with Crippen LogP contribution >= 0.6 is 11.6 Å². The van der Waals surface area contributed by atoms with E-state index in [9.17, 15) is 4.79 Å². The van der Waals surface area contributed by atoms with Gasteiger partial charge < -0.3 is 9.22 Å². The second-order valence-corrected chi connectivity index (χ2v) is 5.94. The summed E-state index contributed by atoms with van der Waals surface area (Å²) in [4.78, 5) is 11.5. The van der Waals surface area contributed by atoms with Gasteiger partial charge in [-0.1, -0.05) is 11.6 Å². The minimum Gasteiger partial charge on any atom is -0.496 e. The van der Waals surface area contributed by atoms with E-state index in [4.69, 9.17) is 16.3 Å². The molecule has 0 atom stereocenters. The SMILES string of the molecule is COc1ccc(Cl)cc1C=CC=NNC(=O)C[N+](C)(C)C. The van der Waals surface area contributed by atoms with Gasteiger partial charge in [0.2, 0.25) is 0 Å². The third kappa shape index (κ3) is 6.92. The van der Waals surface area contributed by atoms with E-state index in [0.29, 0.717) is 16.1 Å². The fraction of sp³-hybridized carbons (Fsp3) is 0.333. The zero-order valence-electron chi connectivity index (χ0n) is 12.8. The van der Waals surface area contributed by atoms with Gasteiger partial charge in [-0.15, -0.1) is 0 Å². The lowest BCUT2D eigenvalue weighted by Gasteiger charge is -2.21. The standard InChI is InChI=1S/C15H20ClN3O2/c1-19(2,3)11-15(20)18-17-9-5-6-12-10-13(16)7-8-14(12)21-4/h5-10H,11H2,1-4H3/p+1. The molecule has 0 aromatic heterocycles. The van der Waals surface area contributed by atoms with E-state index in [0.717, 1.165) is 11.3 Å². The maximum atomic E-state index is 11.5.